The summed E-state index contributed by atoms with van der Waals surface area (Å²) in [6.07, 6.45) is 5.02. The molecule has 2 fully saturated rings. The van der Waals surface area contributed by atoms with E-state index in [1.54, 1.807) is 24.3 Å². The molecule has 0 amide bonds. The summed E-state index contributed by atoms with van der Waals surface area (Å²) in [5.41, 5.74) is 3.43. The number of halogens is 2. The SMILES string of the molecule is Fc1ccc(C2(CCCN3CCN(CC4CCc5ccc(F)cc5C4)CC3)OCCO2)cc1. The van der Waals surface area contributed by atoms with Crippen LogP contribution in [-0.4, -0.2) is 62.3 Å². The fourth-order valence-electron chi connectivity index (χ4n) is 5.67. The second-order valence-corrected chi connectivity index (χ2v) is 9.72. The first-order chi connectivity index (χ1) is 16.1. The molecule has 178 valence electrons. The Morgan fingerprint density at radius 3 is 2.30 bits per heavy atom. The molecule has 1 unspecified atom stereocenters. The molecule has 0 bridgehead atoms. The summed E-state index contributed by atoms with van der Waals surface area (Å²) in [6.45, 7) is 7.60. The summed E-state index contributed by atoms with van der Waals surface area (Å²) in [7, 11) is 0. The second-order valence-electron chi connectivity index (χ2n) is 9.72. The molecule has 0 aromatic heterocycles. The zero-order valence-corrected chi connectivity index (χ0v) is 19.3. The number of fused-ring (bicyclic) bond motifs is 1. The third-order valence-electron chi connectivity index (χ3n) is 7.50. The van der Waals surface area contributed by atoms with Crippen molar-refractivity contribution in [3.05, 3.63) is 70.8 Å². The van der Waals surface area contributed by atoms with Crippen LogP contribution in [-0.2, 0) is 28.1 Å². The highest BCUT2D eigenvalue weighted by Gasteiger charge is 2.38. The normalized spacial score (nSPS) is 23.5. The Bertz CT molecular complexity index is 922. The largest absolute Gasteiger partial charge is 0.343 e. The van der Waals surface area contributed by atoms with Crippen molar-refractivity contribution in [1.82, 2.24) is 9.80 Å². The van der Waals surface area contributed by atoms with Gasteiger partial charge in [0.25, 0.3) is 0 Å². The Morgan fingerprint density at radius 1 is 0.848 bits per heavy atom. The maximum Gasteiger partial charge on any atom is 0.195 e. The molecule has 2 aliphatic heterocycles. The lowest BCUT2D eigenvalue weighted by atomic mass is 9.83. The van der Waals surface area contributed by atoms with Gasteiger partial charge in [-0.1, -0.05) is 18.2 Å². The molecule has 2 aromatic rings. The van der Waals surface area contributed by atoms with Crippen molar-refractivity contribution >= 4 is 0 Å². The Balaban J connectivity index is 1.06. The van der Waals surface area contributed by atoms with Crippen LogP contribution in [0.1, 0.15) is 36.0 Å². The van der Waals surface area contributed by atoms with Crippen LogP contribution < -0.4 is 0 Å². The van der Waals surface area contributed by atoms with Crippen molar-refractivity contribution in [1.29, 1.82) is 0 Å². The first-order valence-electron chi connectivity index (χ1n) is 12.4. The fraction of sp³-hybridized carbons (Fsp3) is 0.556. The minimum Gasteiger partial charge on any atom is -0.343 e. The van der Waals surface area contributed by atoms with Crippen LogP contribution in [0.25, 0.3) is 0 Å². The zero-order chi connectivity index (χ0) is 22.7. The van der Waals surface area contributed by atoms with E-state index in [1.807, 2.05) is 6.07 Å². The van der Waals surface area contributed by atoms with E-state index in [0.717, 1.165) is 70.5 Å². The van der Waals surface area contributed by atoms with E-state index in [0.29, 0.717) is 19.1 Å². The molecule has 0 spiro atoms. The van der Waals surface area contributed by atoms with Crippen molar-refractivity contribution in [3.63, 3.8) is 0 Å². The summed E-state index contributed by atoms with van der Waals surface area (Å²) in [5.74, 6) is -0.461. The third-order valence-corrected chi connectivity index (χ3v) is 7.50. The standard InChI is InChI=1S/C27H34F2N2O2/c28-25-8-5-24(6-9-25)27(32-16-17-33-27)10-1-11-30-12-14-31(15-13-30)20-21-2-3-22-4-7-26(29)19-23(22)18-21/h4-9,19,21H,1-3,10-18,20H2. The highest BCUT2D eigenvalue weighted by Crippen LogP contribution is 2.36. The van der Waals surface area contributed by atoms with Crippen LogP contribution in [0, 0.1) is 17.6 Å². The Hall–Kier alpha value is -1.86. The fourth-order valence-corrected chi connectivity index (χ4v) is 5.67. The minimum absolute atomic E-state index is 0.113. The Labute approximate surface area is 195 Å². The molecule has 1 aliphatic carbocycles. The smallest absolute Gasteiger partial charge is 0.195 e. The average Bonchev–Trinajstić information content (AvgIpc) is 3.30. The van der Waals surface area contributed by atoms with E-state index in [2.05, 4.69) is 9.80 Å². The lowest BCUT2D eigenvalue weighted by molar-refractivity contribution is -0.172. The summed E-state index contributed by atoms with van der Waals surface area (Å²) in [5, 5.41) is 0. The maximum absolute atomic E-state index is 13.6. The lowest BCUT2D eigenvalue weighted by Crippen LogP contribution is -2.48. The molecule has 33 heavy (non-hydrogen) atoms. The highest BCUT2D eigenvalue weighted by molar-refractivity contribution is 5.30. The Morgan fingerprint density at radius 2 is 1.55 bits per heavy atom. The zero-order valence-electron chi connectivity index (χ0n) is 19.3. The average molecular weight is 457 g/mol. The van der Waals surface area contributed by atoms with E-state index in [4.69, 9.17) is 9.47 Å². The van der Waals surface area contributed by atoms with Gasteiger partial charge in [0.05, 0.1) is 13.2 Å². The molecule has 2 aromatic carbocycles. The number of benzene rings is 2. The van der Waals surface area contributed by atoms with E-state index >= 15 is 0 Å². The van der Waals surface area contributed by atoms with Gasteiger partial charge in [0.1, 0.15) is 11.6 Å². The summed E-state index contributed by atoms with van der Waals surface area (Å²) < 4.78 is 39.0. The highest BCUT2D eigenvalue weighted by atomic mass is 19.1. The molecule has 2 saturated heterocycles. The molecule has 1 atom stereocenters. The molecule has 2 heterocycles. The van der Waals surface area contributed by atoms with Gasteiger partial charge in [0.15, 0.2) is 5.79 Å². The van der Waals surface area contributed by atoms with Crippen molar-refractivity contribution in [3.8, 4) is 0 Å². The second kappa shape index (κ2) is 10.2. The van der Waals surface area contributed by atoms with Gasteiger partial charge in [-0.15, -0.1) is 0 Å². The topological polar surface area (TPSA) is 24.9 Å². The van der Waals surface area contributed by atoms with E-state index in [-0.39, 0.29) is 11.6 Å². The molecule has 4 nitrogen and oxygen atoms in total. The number of piperazine rings is 1. The van der Waals surface area contributed by atoms with Crippen molar-refractivity contribution in [2.24, 2.45) is 5.92 Å². The third kappa shape index (κ3) is 5.46. The van der Waals surface area contributed by atoms with Gasteiger partial charge in [-0.3, -0.25) is 0 Å². The molecular weight excluding hydrogens is 422 g/mol. The first-order valence-corrected chi connectivity index (χ1v) is 12.4. The van der Waals surface area contributed by atoms with Crippen LogP contribution >= 0.6 is 0 Å². The number of nitrogens with zero attached hydrogens (tertiary/aromatic N) is 2. The molecule has 0 saturated carbocycles. The number of hydrogen-bond acceptors (Lipinski definition) is 4. The molecule has 6 heteroatoms. The van der Waals surface area contributed by atoms with Crippen molar-refractivity contribution < 1.29 is 18.3 Å². The van der Waals surface area contributed by atoms with Crippen LogP contribution in [0.4, 0.5) is 8.78 Å². The summed E-state index contributed by atoms with van der Waals surface area (Å²) in [4.78, 5) is 5.10. The summed E-state index contributed by atoms with van der Waals surface area (Å²) >= 11 is 0. The maximum atomic E-state index is 13.6. The van der Waals surface area contributed by atoms with Crippen molar-refractivity contribution in [2.75, 3.05) is 52.5 Å². The monoisotopic (exact) mass is 456 g/mol. The number of ether oxygens (including phenoxy) is 2. The quantitative estimate of drug-likeness (QED) is 0.618. The number of hydrogen-bond donors (Lipinski definition) is 0. The number of aryl methyl sites for hydroxylation is 1. The molecule has 0 N–H and O–H groups in total. The predicted molar refractivity (Wildman–Crippen MR) is 124 cm³/mol. The van der Waals surface area contributed by atoms with Gasteiger partial charge in [-0.05, 0) is 73.5 Å². The molecule has 3 aliphatic rings. The van der Waals surface area contributed by atoms with E-state index < -0.39 is 5.79 Å². The van der Waals surface area contributed by atoms with Crippen molar-refractivity contribution in [2.45, 2.75) is 37.9 Å². The first kappa shape index (κ1) is 22.9. The van der Waals surface area contributed by atoms with Crippen LogP contribution in [0.2, 0.25) is 0 Å². The predicted octanol–water partition coefficient (Wildman–Crippen LogP) is 4.37. The Kier molecular flexibility index (Phi) is 7.07. The van der Waals surface area contributed by atoms with Crippen LogP contribution in [0.5, 0.6) is 0 Å². The minimum atomic E-state index is -0.730. The van der Waals surface area contributed by atoms with E-state index in [1.165, 1.54) is 29.7 Å². The lowest BCUT2D eigenvalue weighted by Gasteiger charge is -2.38. The van der Waals surface area contributed by atoms with Gasteiger partial charge in [-0.25, -0.2) is 8.78 Å². The summed E-state index contributed by atoms with van der Waals surface area (Å²) in [6, 6.07) is 11.8. The van der Waals surface area contributed by atoms with Crippen LogP contribution in [0.3, 0.4) is 0 Å². The molecule has 0 radical (unpaired) electrons. The van der Waals surface area contributed by atoms with Crippen LogP contribution in [0.15, 0.2) is 42.5 Å². The van der Waals surface area contributed by atoms with Gasteiger partial charge in [0.2, 0.25) is 0 Å². The molecule has 5 rings (SSSR count). The van der Waals surface area contributed by atoms with Gasteiger partial charge in [-0.2, -0.15) is 0 Å². The van der Waals surface area contributed by atoms with Gasteiger partial charge < -0.3 is 19.3 Å². The van der Waals surface area contributed by atoms with Gasteiger partial charge in [0, 0.05) is 44.7 Å². The van der Waals surface area contributed by atoms with E-state index in [9.17, 15) is 8.78 Å². The van der Waals surface area contributed by atoms with Gasteiger partial charge >= 0.3 is 0 Å². The number of rotatable bonds is 7. The molecular formula is C27H34F2N2O2.